The number of rotatable bonds is 4. The number of hydrogen-bond acceptors (Lipinski definition) is 4. The van der Waals surface area contributed by atoms with E-state index in [4.69, 9.17) is 16.9 Å². The highest BCUT2D eigenvalue weighted by atomic mass is 35.5. The first-order valence-corrected chi connectivity index (χ1v) is 6.67. The molecule has 1 atom stereocenters. The van der Waals surface area contributed by atoms with Crippen molar-refractivity contribution in [2.45, 2.75) is 6.10 Å². The maximum atomic E-state index is 9.93. The van der Waals surface area contributed by atoms with Crippen LogP contribution in [0.5, 0.6) is 0 Å². The summed E-state index contributed by atoms with van der Waals surface area (Å²) in [6.45, 7) is 0.339. The molecule has 0 amide bonds. The number of anilines is 1. The van der Waals surface area contributed by atoms with Crippen LogP contribution in [0.15, 0.2) is 35.0 Å². The lowest BCUT2D eigenvalue weighted by Gasteiger charge is -2.13. The van der Waals surface area contributed by atoms with Gasteiger partial charge < -0.3 is 10.4 Å². The number of nitrogens with one attached hydrogen (secondary N) is 1. The highest BCUT2D eigenvalue weighted by molar-refractivity contribution is 7.07. The van der Waals surface area contributed by atoms with Crippen LogP contribution in [0.1, 0.15) is 17.2 Å². The molecule has 1 aromatic heterocycles. The Labute approximate surface area is 114 Å². The maximum Gasteiger partial charge on any atom is 0.103 e. The van der Waals surface area contributed by atoms with E-state index < -0.39 is 6.10 Å². The molecule has 1 unspecified atom stereocenters. The van der Waals surface area contributed by atoms with Gasteiger partial charge >= 0.3 is 0 Å². The molecule has 0 fully saturated rings. The Morgan fingerprint density at radius 1 is 1.44 bits per heavy atom. The van der Waals surface area contributed by atoms with Gasteiger partial charge in [0.15, 0.2) is 0 Å². The number of hydrogen-bond donors (Lipinski definition) is 2. The predicted octanol–water partition coefficient (Wildman–Crippen LogP) is 3.42. The van der Waals surface area contributed by atoms with Crippen LogP contribution >= 0.6 is 22.9 Å². The van der Waals surface area contributed by atoms with E-state index in [-0.39, 0.29) is 0 Å². The van der Waals surface area contributed by atoms with E-state index in [9.17, 15) is 5.11 Å². The molecular weight excluding hydrogens is 268 g/mol. The zero-order valence-electron chi connectivity index (χ0n) is 9.43. The first-order chi connectivity index (χ1) is 8.72. The molecule has 1 aromatic carbocycles. The first-order valence-electron chi connectivity index (χ1n) is 5.35. The Bertz CT molecular complexity index is 563. The molecule has 0 aliphatic carbocycles. The van der Waals surface area contributed by atoms with E-state index in [1.807, 2.05) is 22.9 Å². The summed E-state index contributed by atoms with van der Waals surface area (Å²) in [5.41, 5.74) is 1.91. The summed E-state index contributed by atoms with van der Waals surface area (Å²) >= 11 is 7.46. The monoisotopic (exact) mass is 278 g/mol. The summed E-state index contributed by atoms with van der Waals surface area (Å²) in [7, 11) is 0. The molecule has 0 saturated carbocycles. The zero-order chi connectivity index (χ0) is 13.0. The second-order valence-corrected chi connectivity index (χ2v) is 4.91. The van der Waals surface area contributed by atoms with Crippen molar-refractivity contribution in [3.63, 3.8) is 0 Å². The number of thiophene rings is 1. The van der Waals surface area contributed by atoms with Gasteiger partial charge in [-0.05, 0) is 34.5 Å². The van der Waals surface area contributed by atoms with Gasteiger partial charge in [-0.3, -0.25) is 0 Å². The van der Waals surface area contributed by atoms with Gasteiger partial charge in [0.05, 0.1) is 22.4 Å². The molecule has 2 rings (SSSR count). The molecule has 0 radical (unpaired) electrons. The van der Waals surface area contributed by atoms with E-state index in [0.29, 0.717) is 22.8 Å². The minimum atomic E-state index is -0.596. The molecular formula is C13H11ClN2OS. The van der Waals surface area contributed by atoms with Crippen LogP contribution in [-0.4, -0.2) is 11.7 Å². The third-order valence-corrected chi connectivity index (χ3v) is 3.56. The largest absolute Gasteiger partial charge is 0.387 e. The molecule has 0 bridgehead atoms. The quantitative estimate of drug-likeness (QED) is 0.901. The van der Waals surface area contributed by atoms with Gasteiger partial charge in [0, 0.05) is 6.54 Å². The van der Waals surface area contributed by atoms with Gasteiger partial charge in [0.1, 0.15) is 6.07 Å². The SMILES string of the molecule is N#Cc1c(Cl)cccc1NCC(O)c1ccsc1. The van der Waals surface area contributed by atoms with E-state index >= 15 is 0 Å². The van der Waals surface area contributed by atoms with E-state index in [1.54, 1.807) is 18.2 Å². The lowest BCUT2D eigenvalue weighted by molar-refractivity contribution is 0.192. The second-order valence-electron chi connectivity index (χ2n) is 3.73. The van der Waals surface area contributed by atoms with Crippen LogP contribution in [0.25, 0.3) is 0 Å². The standard InChI is InChI=1S/C13H11ClN2OS/c14-11-2-1-3-12(10(11)6-15)16-7-13(17)9-4-5-18-8-9/h1-5,8,13,16-17H,7H2. The molecule has 0 aliphatic heterocycles. The molecule has 0 aliphatic rings. The Balaban J connectivity index is 2.07. The van der Waals surface area contributed by atoms with E-state index in [1.165, 1.54) is 11.3 Å². The molecule has 0 spiro atoms. The van der Waals surface area contributed by atoms with Crippen molar-refractivity contribution in [1.29, 1.82) is 5.26 Å². The van der Waals surface area contributed by atoms with Crippen LogP contribution in [-0.2, 0) is 0 Å². The molecule has 2 N–H and O–H groups in total. The summed E-state index contributed by atoms with van der Waals surface area (Å²) in [6.07, 6.45) is -0.596. The zero-order valence-corrected chi connectivity index (χ0v) is 11.0. The number of nitriles is 1. The van der Waals surface area contributed by atoms with Crippen molar-refractivity contribution in [1.82, 2.24) is 0 Å². The van der Waals surface area contributed by atoms with Crippen molar-refractivity contribution in [3.8, 4) is 6.07 Å². The molecule has 18 heavy (non-hydrogen) atoms. The summed E-state index contributed by atoms with van der Waals surface area (Å²) in [5.74, 6) is 0. The average molecular weight is 279 g/mol. The van der Waals surface area contributed by atoms with Gasteiger partial charge in [0.25, 0.3) is 0 Å². The minimum absolute atomic E-state index is 0.339. The van der Waals surface area contributed by atoms with Crippen molar-refractivity contribution >= 4 is 28.6 Å². The fourth-order valence-corrected chi connectivity index (χ4v) is 2.50. The van der Waals surface area contributed by atoms with Gasteiger partial charge in [-0.1, -0.05) is 17.7 Å². The van der Waals surface area contributed by atoms with Gasteiger partial charge in [-0.15, -0.1) is 0 Å². The molecule has 2 aromatic rings. The smallest absolute Gasteiger partial charge is 0.103 e. The number of nitrogens with zero attached hydrogens (tertiary/aromatic N) is 1. The van der Waals surface area contributed by atoms with Crippen LogP contribution in [0, 0.1) is 11.3 Å². The third-order valence-electron chi connectivity index (χ3n) is 2.54. The fraction of sp³-hybridized carbons (Fsp3) is 0.154. The summed E-state index contributed by atoms with van der Waals surface area (Å²) < 4.78 is 0. The normalized spacial score (nSPS) is 11.8. The predicted molar refractivity (Wildman–Crippen MR) is 73.9 cm³/mol. The fourth-order valence-electron chi connectivity index (χ4n) is 1.57. The van der Waals surface area contributed by atoms with Gasteiger partial charge in [0.2, 0.25) is 0 Å². The number of halogens is 1. The van der Waals surface area contributed by atoms with Crippen molar-refractivity contribution in [2.75, 3.05) is 11.9 Å². The van der Waals surface area contributed by atoms with Crippen LogP contribution in [0.3, 0.4) is 0 Å². The summed E-state index contributed by atoms with van der Waals surface area (Å²) in [4.78, 5) is 0. The number of benzene rings is 1. The van der Waals surface area contributed by atoms with Crippen molar-refractivity contribution in [2.24, 2.45) is 0 Å². The Hall–Kier alpha value is -1.54. The van der Waals surface area contributed by atoms with Crippen LogP contribution in [0.2, 0.25) is 5.02 Å². The van der Waals surface area contributed by atoms with Crippen LogP contribution < -0.4 is 5.32 Å². The van der Waals surface area contributed by atoms with Crippen LogP contribution in [0.4, 0.5) is 5.69 Å². The molecule has 3 nitrogen and oxygen atoms in total. The van der Waals surface area contributed by atoms with Crippen molar-refractivity contribution < 1.29 is 5.11 Å². The molecule has 5 heteroatoms. The Morgan fingerprint density at radius 2 is 2.28 bits per heavy atom. The van der Waals surface area contributed by atoms with E-state index in [2.05, 4.69) is 5.32 Å². The Morgan fingerprint density at radius 3 is 2.94 bits per heavy atom. The topological polar surface area (TPSA) is 56.0 Å². The number of aliphatic hydroxyl groups is 1. The lowest BCUT2D eigenvalue weighted by Crippen LogP contribution is -2.12. The summed E-state index contributed by atoms with van der Waals surface area (Å²) in [6, 6.07) is 9.13. The highest BCUT2D eigenvalue weighted by Gasteiger charge is 2.10. The first kappa shape index (κ1) is 12.9. The lowest BCUT2D eigenvalue weighted by atomic mass is 10.1. The number of aliphatic hydroxyl groups excluding tert-OH is 1. The maximum absolute atomic E-state index is 9.93. The Kier molecular flexibility index (Phi) is 4.21. The van der Waals surface area contributed by atoms with Gasteiger partial charge in [-0.25, -0.2) is 0 Å². The van der Waals surface area contributed by atoms with Gasteiger partial charge in [-0.2, -0.15) is 16.6 Å². The average Bonchev–Trinajstić information content (AvgIpc) is 2.90. The van der Waals surface area contributed by atoms with E-state index in [0.717, 1.165) is 5.56 Å². The second kappa shape index (κ2) is 5.87. The summed E-state index contributed by atoms with van der Waals surface area (Å²) in [5, 5.41) is 26.2. The highest BCUT2D eigenvalue weighted by Crippen LogP contribution is 2.24. The minimum Gasteiger partial charge on any atom is -0.387 e. The molecule has 1 heterocycles. The third kappa shape index (κ3) is 2.82. The van der Waals surface area contributed by atoms with Crippen molar-refractivity contribution in [3.05, 3.63) is 51.2 Å². The molecule has 92 valence electrons. The molecule has 0 saturated heterocycles.